The zero-order valence-corrected chi connectivity index (χ0v) is 8.89. The van der Waals surface area contributed by atoms with Gasteiger partial charge in [-0.25, -0.2) is 4.98 Å². The summed E-state index contributed by atoms with van der Waals surface area (Å²) in [5.74, 6) is 1.59. The van der Waals surface area contributed by atoms with E-state index in [1.807, 2.05) is 25.4 Å². The summed E-state index contributed by atoms with van der Waals surface area (Å²) in [6.45, 7) is 4.63. The highest BCUT2D eigenvalue weighted by molar-refractivity contribution is 7.09. The van der Waals surface area contributed by atoms with Gasteiger partial charge < -0.3 is 9.84 Å². The minimum atomic E-state index is 0.752. The summed E-state index contributed by atoms with van der Waals surface area (Å²) in [7, 11) is 0. The number of thiazole rings is 1. The van der Waals surface area contributed by atoms with E-state index >= 15 is 0 Å². The van der Waals surface area contributed by atoms with Crippen molar-refractivity contribution in [2.45, 2.75) is 20.4 Å². The van der Waals surface area contributed by atoms with Gasteiger partial charge in [0.25, 0.3) is 0 Å². The lowest BCUT2D eigenvalue weighted by Crippen LogP contribution is -1.98. The van der Waals surface area contributed by atoms with Crippen LogP contribution in [-0.2, 0) is 6.54 Å². The van der Waals surface area contributed by atoms with Gasteiger partial charge in [0.15, 0.2) is 5.82 Å². The van der Waals surface area contributed by atoms with Crippen LogP contribution in [-0.4, -0.2) is 10.1 Å². The van der Waals surface area contributed by atoms with Crippen LogP contribution in [0.25, 0.3) is 0 Å². The van der Waals surface area contributed by atoms with Crippen molar-refractivity contribution in [2.24, 2.45) is 0 Å². The molecule has 0 saturated carbocycles. The highest BCUT2D eigenvalue weighted by atomic mass is 32.1. The number of hydrogen-bond acceptors (Lipinski definition) is 5. The van der Waals surface area contributed by atoms with Crippen LogP contribution in [0.1, 0.15) is 16.3 Å². The molecular weight excluding hydrogens is 198 g/mol. The molecule has 0 atom stereocenters. The largest absolute Gasteiger partial charge is 0.362 e. The average molecular weight is 209 g/mol. The lowest BCUT2D eigenvalue weighted by atomic mass is 10.4. The molecule has 4 nitrogen and oxygen atoms in total. The molecular formula is C9H11N3OS. The number of anilines is 1. The van der Waals surface area contributed by atoms with E-state index in [0.717, 1.165) is 23.8 Å². The maximum absolute atomic E-state index is 4.94. The first kappa shape index (κ1) is 9.21. The fourth-order valence-electron chi connectivity index (χ4n) is 1.12. The summed E-state index contributed by atoms with van der Waals surface area (Å²) in [6.07, 6.45) is 0. The molecule has 2 aromatic rings. The van der Waals surface area contributed by atoms with Gasteiger partial charge in [-0.3, -0.25) is 0 Å². The van der Waals surface area contributed by atoms with E-state index in [9.17, 15) is 0 Å². The summed E-state index contributed by atoms with van der Waals surface area (Å²) >= 11 is 1.64. The Morgan fingerprint density at radius 2 is 2.36 bits per heavy atom. The molecule has 0 aromatic carbocycles. The van der Waals surface area contributed by atoms with Crippen LogP contribution in [0.5, 0.6) is 0 Å². The van der Waals surface area contributed by atoms with Gasteiger partial charge in [-0.15, -0.1) is 11.3 Å². The molecule has 0 spiro atoms. The van der Waals surface area contributed by atoms with Gasteiger partial charge in [0.1, 0.15) is 5.76 Å². The van der Waals surface area contributed by atoms with Crippen LogP contribution < -0.4 is 5.32 Å². The quantitative estimate of drug-likeness (QED) is 0.843. The van der Waals surface area contributed by atoms with E-state index in [2.05, 4.69) is 15.5 Å². The summed E-state index contributed by atoms with van der Waals surface area (Å²) in [5, 5.41) is 7.02. The Balaban J connectivity index is 1.98. The second-order valence-electron chi connectivity index (χ2n) is 3.04. The standard InChI is InChI=1S/C9H11N3OS/c1-6-3-9(12-13-6)10-4-8-7(2)11-5-14-8/h3,5H,4H2,1-2H3,(H,10,12). The predicted octanol–water partition coefficient (Wildman–Crippen LogP) is 2.36. The Morgan fingerprint density at radius 1 is 1.50 bits per heavy atom. The summed E-state index contributed by atoms with van der Waals surface area (Å²) in [6, 6.07) is 1.87. The number of nitrogens with zero attached hydrogens (tertiary/aromatic N) is 2. The van der Waals surface area contributed by atoms with Crippen LogP contribution in [0.4, 0.5) is 5.82 Å². The SMILES string of the molecule is Cc1cc(NCc2scnc2C)no1. The summed E-state index contributed by atoms with van der Waals surface area (Å²) in [4.78, 5) is 5.40. The minimum Gasteiger partial charge on any atom is -0.362 e. The van der Waals surface area contributed by atoms with Gasteiger partial charge in [-0.1, -0.05) is 5.16 Å². The van der Waals surface area contributed by atoms with E-state index in [1.165, 1.54) is 4.88 Å². The molecule has 0 aliphatic heterocycles. The number of rotatable bonds is 3. The van der Waals surface area contributed by atoms with Crippen molar-refractivity contribution in [1.82, 2.24) is 10.1 Å². The molecule has 2 aromatic heterocycles. The monoisotopic (exact) mass is 209 g/mol. The fourth-order valence-corrected chi connectivity index (χ4v) is 1.83. The first-order valence-corrected chi connectivity index (χ1v) is 5.20. The third-order valence-corrected chi connectivity index (χ3v) is 2.84. The van der Waals surface area contributed by atoms with E-state index < -0.39 is 0 Å². The maximum atomic E-state index is 4.94. The Kier molecular flexibility index (Phi) is 2.49. The minimum absolute atomic E-state index is 0.752. The van der Waals surface area contributed by atoms with E-state index in [0.29, 0.717) is 0 Å². The van der Waals surface area contributed by atoms with Crippen LogP contribution in [0, 0.1) is 13.8 Å². The highest BCUT2D eigenvalue weighted by Gasteiger charge is 2.03. The average Bonchev–Trinajstić information content (AvgIpc) is 2.72. The van der Waals surface area contributed by atoms with Crippen LogP contribution in [0.2, 0.25) is 0 Å². The first-order chi connectivity index (χ1) is 6.75. The molecule has 74 valence electrons. The Hall–Kier alpha value is -1.36. The van der Waals surface area contributed by atoms with Gasteiger partial charge in [-0.2, -0.15) is 0 Å². The van der Waals surface area contributed by atoms with E-state index in [1.54, 1.807) is 11.3 Å². The lowest BCUT2D eigenvalue weighted by molar-refractivity contribution is 0.399. The van der Waals surface area contributed by atoms with Crippen molar-refractivity contribution in [3.63, 3.8) is 0 Å². The van der Waals surface area contributed by atoms with Crippen LogP contribution >= 0.6 is 11.3 Å². The molecule has 2 heterocycles. The molecule has 1 N–H and O–H groups in total. The normalized spacial score (nSPS) is 10.4. The van der Waals surface area contributed by atoms with Crippen molar-refractivity contribution >= 4 is 17.2 Å². The zero-order valence-electron chi connectivity index (χ0n) is 8.07. The number of aryl methyl sites for hydroxylation is 2. The second-order valence-corrected chi connectivity index (χ2v) is 3.98. The van der Waals surface area contributed by atoms with E-state index in [4.69, 9.17) is 4.52 Å². The van der Waals surface area contributed by atoms with Crippen molar-refractivity contribution in [3.8, 4) is 0 Å². The van der Waals surface area contributed by atoms with Crippen molar-refractivity contribution in [1.29, 1.82) is 0 Å². The molecule has 0 amide bonds. The highest BCUT2D eigenvalue weighted by Crippen LogP contribution is 2.14. The van der Waals surface area contributed by atoms with Gasteiger partial charge in [-0.05, 0) is 13.8 Å². The summed E-state index contributed by atoms with van der Waals surface area (Å²) < 4.78 is 4.94. The van der Waals surface area contributed by atoms with Gasteiger partial charge in [0.05, 0.1) is 17.7 Å². The molecule has 2 rings (SSSR count). The molecule has 14 heavy (non-hydrogen) atoms. The molecule has 0 aliphatic carbocycles. The molecule has 0 aliphatic rings. The van der Waals surface area contributed by atoms with E-state index in [-0.39, 0.29) is 0 Å². The smallest absolute Gasteiger partial charge is 0.169 e. The molecule has 0 radical (unpaired) electrons. The van der Waals surface area contributed by atoms with Crippen LogP contribution in [0.3, 0.4) is 0 Å². The maximum Gasteiger partial charge on any atom is 0.169 e. The number of aromatic nitrogens is 2. The zero-order chi connectivity index (χ0) is 9.97. The third-order valence-electron chi connectivity index (χ3n) is 1.90. The molecule has 0 unspecified atom stereocenters. The van der Waals surface area contributed by atoms with Gasteiger partial charge >= 0.3 is 0 Å². The molecule has 0 fully saturated rings. The number of hydrogen-bond donors (Lipinski definition) is 1. The van der Waals surface area contributed by atoms with Crippen molar-refractivity contribution in [3.05, 3.63) is 27.9 Å². The Bertz CT molecular complexity index is 421. The second kappa shape index (κ2) is 3.79. The topological polar surface area (TPSA) is 51.0 Å². The first-order valence-electron chi connectivity index (χ1n) is 4.32. The molecule has 0 saturated heterocycles. The lowest BCUT2D eigenvalue weighted by Gasteiger charge is -1.99. The Morgan fingerprint density at radius 3 is 2.93 bits per heavy atom. The van der Waals surface area contributed by atoms with Gasteiger partial charge in [0.2, 0.25) is 0 Å². The fraction of sp³-hybridized carbons (Fsp3) is 0.333. The molecule has 5 heteroatoms. The Labute approximate surface area is 86.0 Å². The van der Waals surface area contributed by atoms with Crippen molar-refractivity contribution < 1.29 is 4.52 Å². The third kappa shape index (κ3) is 1.93. The summed E-state index contributed by atoms with van der Waals surface area (Å²) in [5.41, 5.74) is 2.92. The predicted molar refractivity (Wildman–Crippen MR) is 55.4 cm³/mol. The number of nitrogens with one attached hydrogen (secondary N) is 1. The van der Waals surface area contributed by atoms with Crippen LogP contribution in [0.15, 0.2) is 16.1 Å². The van der Waals surface area contributed by atoms with Crippen molar-refractivity contribution in [2.75, 3.05) is 5.32 Å². The molecule has 0 bridgehead atoms. The van der Waals surface area contributed by atoms with Gasteiger partial charge in [0, 0.05) is 10.9 Å².